The van der Waals surface area contributed by atoms with Crippen LogP contribution in [0.2, 0.25) is 0 Å². The fraction of sp³-hybridized carbons (Fsp3) is 0.364. The van der Waals surface area contributed by atoms with E-state index in [1.807, 2.05) is 11.4 Å². The van der Waals surface area contributed by atoms with Crippen LogP contribution < -0.4 is 4.74 Å². The third-order valence-corrected chi connectivity index (χ3v) is 9.44. The standard InChI is InChI=1S/C22H25BrN4O3S2/c1-26-8-6-17(7-9-26)27(2)32(28,29)22-5-4-15(10-20(22)30-3)18-12-24-13-19(25-18)21-11-16(23)14-31-21/h4-5,10-14,17H,6-9H2,1-3H3. The lowest BCUT2D eigenvalue weighted by Gasteiger charge is -2.34. The minimum atomic E-state index is -3.70. The Balaban J connectivity index is 1.65. The molecule has 10 heteroatoms. The number of piperidine rings is 1. The molecule has 0 bridgehead atoms. The molecule has 0 atom stereocenters. The second-order valence-corrected chi connectivity index (χ2v) is 11.6. The van der Waals surface area contributed by atoms with Gasteiger partial charge >= 0.3 is 0 Å². The molecule has 3 heterocycles. The number of benzene rings is 1. The maximum Gasteiger partial charge on any atom is 0.246 e. The topological polar surface area (TPSA) is 75.6 Å². The number of aromatic nitrogens is 2. The number of ether oxygens (including phenoxy) is 1. The summed E-state index contributed by atoms with van der Waals surface area (Å²) in [5.74, 6) is 0.299. The van der Waals surface area contributed by atoms with Crippen LogP contribution in [0.1, 0.15) is 12.8 Å². The number of methoxy groups -OCH3 is 1. The second-order valence-electron chi connectivity index (χ2n) is 7.84. The maximum atomic E-state index is 13.4. The van der Waals surface area contributed by atoms with Crippen LogP contribution in [0.25, 0.3) is 21.8 Å². The van der Waals surface area contributed by atoms with Crippen LogP contribution in [0.3, 0.4) is 0 Å². The smallest absolute Gasteiger partial charge is 0.246 e. The largest absolute Gasteiger partial charge is 0.495 e. The highest BCUT2D eigenvalue weighted by Crippen LogP contribution is 2.34. The van der Waals surface area contributed by atoms with E-state index < -0.39 is 10.0 Å². The minimum Gasteiger partial charge on any atom is -0.495 e. The number of sulfonamides is 1. The molecule has 0 unspecified atom stereocenters. The van der Waals surface area contributed by atoms with Gasteiger partial charge in [-0.15, -0.1) is 11.3 Å². The van der Waals surface area contributed by atoms with E-state index >= 15 is 0 Å². The van der Waals surface area contributed by atoms with E-state index in [-0.39, 0.29) is 10.9 Å². The van der Waals surface area contributed by atoms with E-state index in [0.717, 1.165) is 46.5 Å². The monoisotopic (exact) mass is 536 g/mol. The minimum absolute atomic E-state index is 0.0201. The molecule has 3 aromatic rings. The van der Waals surface area contributed by atoms with Crippen molar-refractivity contribution in [3.8, 4) is 27.6 Å². The number of likely N-dealkylation sites (tertiary alicyclic amines) is 1. The molecule has 1 aliphatic rings. The Morgan fingerprint density at radius 2 is 1.91 bits per heavy atom. The van der Waals surface area contributed by atoms with Gasteiger partial charge in [0.1, 0.15) is 10.6 Å². The molecule has 0 spiro atoms. The first kappa shape index (κ1) is 23.3. The van der Waals surface area contributed by atoms with Crippen molar-refractivity contribution >= 4 is 37.3 Å². The van der Waals surface area contributed by atoms with Gasteiger partial charge in [-0.1, -0.05) is 6.07 Å². The van der Waals surface area contributed by atoms with Crippen molar-refractivity contribution < 1.29 is 13.2 Å². The summed E-state index contributed by atoms with van der Waals surface area (Å²) in [6.07, 6.45) is 5.01. The lowest BCUT2D eigenvalue weighted by atomic mass is 10.1. The van der Waals surface area contributed by atoms with Crippen molar-refractivity contribution in [3.05, 3.63) is 46.5 Å². The first-order valence-electron chi connectivity index (χ1n) is 10.2. The summed E-state index contributed by atoms with van der Waals surface area (Å²) in [6.45, 7) is 1.77. The van der Waals surface area contributed by atoms with Gasteiger partial charge < -0.3 is 9.64 Å². The first-order chi connectivity index (χ1) is 15.3. The van der Waals surface area contributed by atoms with E-state index in [0.29, 0.717) is 11.4 Å². The average molecular weight is 538 g/mol. The van der Waals surface area contributed by atoms with Crippen LogP contribution in [0.15, 0.2) is 51.4 Å². The Bertz CT molecular complexity index is 1210. The van der Waals surface area contributed by atoms with Crippen molar-refractivity contribution in [3.63, 3.8) is 0 Å². The summed E-state index contributed by atoms with van der Waals surface area (Å²) in [7, 11) is 1.51. The molecule has 1 fully saturated rings. The van der Waals surface area contributed by atoms with E-state index in [1.165, 1.54) is 11.4 Å². The zero-order valence-corrected chi connectivity index (χ0v) is 21.4. The van der Waals surface area contributed by atoms with Crippen molar-refractivity contribution in [2.24, 2.45) is 0 Å². The molecule has 1 saturated heterocycles. The Kier molecular flexibility index (Phi) is 6.97. The van der Waals surface area contributed by atoms with E-state index in [1.54, 1.807) is 49.0 Å². The molecule has 4 rings (SSSR count). The average Bonchev–Trinajstić information content (AvgIpc) is 3.25. The van der Waals surface area contributed by atoms with Crippen LogP contribution >= 0.6 is 27.3 Å². The molecule has 170 valence electrons. The fourth-order valence-electron chi connectivity index (χ4n) is 3.82. The van der Waals surface area contributed by atoms with Crippen LogP contribution in [0.4, 0.5) is 0 Å². The van der Waals surface area contributed by atoms with E-state index in [2.05, 4.69) is 32.9 Å². The van der Waals surface area contributed by atoms with Crippen molar-refractivity contribution in [2.45, 2.75) is 23.8 Å². The Morgan fingerprint density at radius 3 is 2.56 bits per heavy atom. The predicted octanol–water partition coefficient (Wildman–Crippen LogP) is 4.36. The molecule has 2 aromatic heterocycles. The van der Waals surface area contributed by atoms with Gasteiger partial charge in [0.2, 0.25) is 10.0 Å². The third-order valence-electron chi connectivity index (χ3n) is 5.77. The normalized spacial score (nSPS) is 15.9. The summed E-state index contributed by atoms with van der Waals surface area (Å²) >= 11 is 5.04. The molecule has 32 heavy (non-hydrogen) atoms. The van der Waals surface area contributed by atoms with Crippen LogP contribution in [-0.4, -0.2) is 67.9 Å². The lowest BCUT2D eigenvalue weighted by molar-refractivity contribution is 0.197. The molecular formula is C22H25BrN4O3S2. The van der Waals surface area contributed by atoms with Crippen molar-refractivity contribution in [2.75, 3.05) is 34.3 Å². The molecule has 0 radical (unpaired) electrons. The quantitative estimate of drug-likeness (QED) is 0.465. The van der Waals surface area contributed by atoms with Gasteiger partial charge in [0, 0.05) is 28.5 Å². The van der Waals surface area contributed by atoms with E-state index in [4.69, 9.17) is 9.72 Å². The second kappa shape index (κ2) is 9.56. The van der Waals surface area contributed by atoms with E-state index in [9.17, 15) is 8.42 Å². The number of halogens is 1. The zero-order valence-electron chi connectivity index (χ0n) is 18.2. The van der Waals surface area contributed by atoms with Gasteiger partial charge in [0.15, 0.2) is 0 Å². The summed E-state index contributed by atoms with van der Waals surface area (Å²) in [4.78, 5) is 12.4. The molecular weight excluding hydrogens is 512 g/mol. The van der Waals surface area contributed by atoms with Crippen LogP contribution in [0.5, 0.6) is 5.75 Å². The van der Waals surface area contributed by atoms with Gasteiger partial charge in [-0.3, -0.25) is 4.98 Å². The molecule has 0 saturated carbocycles. The molecule has 0 aliphatic carbocycles. The van der Waals surface area contributed by atoms with Gasteiger partial charge in [0.25, 0.3) is 0 Å². The highest BCUT2D eigenvalue weighted by atomic mass is 79.9. The highest BCUT2D eigenvalue weighted by Gasteiger charge is 2.32. The number of nitrogens with zero attached hydrogens (tertiary/aromatic N) is 4. The number of hydrogen-bond donors (Lipinski definition) is 0. The van der Waals surface area contributed by atoms with Crippen LogP contribution in [0, 0.1) is 0 Å². The highest BCUT2D eigenvalue weighted by molar-refractivity contribution is 9.10. The van der Waals surface area contributed by atoms with Gasteiger partial charge in [-0.25, -0.2) is 13.4 Å². The number of rotatable bonds is 6. The summed E-state index contributed by atoms with van der Waals surface area (Å²) in [6, 6.07) is 7.05. The molecule has 7 nitrogen and oxygen atoms in total. The fourth-order valence-corrected chi connectivity index (χ4v) is 6.75. The van der Waals surface area contributed by atoms with Crippen LogP contribution in [-0.2, 0) is 10.0 Å². The van der Waals surface area contributed by atoms with Crippen molar-refractivity contribution in [1.29, 1.82) is 0 Å². The van der Waals surface area contributed by atoms with Gasteiger partial charge in [-0.05, 0) is 67.1 Å². The first-order valence-corrected chi connectivity index (χ1v) is 13.3. The number of thiophene rings is 1. The van der Waals surface area contributed by atoms with Crippen molar-refractivity contribution in [1.82, 2.24) is 19.2 Å². The zero-order chi connectivity index (χ0) is 22.9. The molecule has 0 N–H and O–H groups in total. The summed E-state index contributed by atoms with van der Waals surface area (Å²) in [5, 5.41) is 1.99. The Hall–Kier alpha value is -1.85. The molecule has 0 amide bonds. The molecule has 1 aromatic carbocycles. The third kappa shape index (κ3) is 4.74. The predicted molar refractivity (Wildman–Crippen MR) is 131 cm³/mol. The van der Waals surface area contributed by atoms with Gasteiger partial charge in [0.05, 0.1) is 35.8 Å². The lowest BCUT2D eigenvalue weighted by Crippen LogP contribution is -2.44. The summed E-state index contributed by atoms with van der Waals surface area (Å²) in [5.41, 5.74) is 2.15. The number of hydrogen-bond acceptors (Lipinski definition) is 7. The molecule has 1 aliphatic heterocycles. The maximum absolute atomic E-state index is 13.4. The Labute approximate surface area is 201 Å². The van der Waals surface area contributed by atoms with Gasteiger partial charge in [-0.2, -0.15) is 4.31 Å². The SMILES string of the molecule is COc1cc(-c2cncc(-c3cc(Br)cs3)n2)ccc1S(=O)(=O)N(C)C1CCN(C)CC1. The summed E-state index contributed by atoms with van der Waals surface area (Å²) < 4.78 is 34.8. The Morgan fingerprint density at radius 1 is 1.19 bits per heavy atom.